The largest absolute Gasteiger partial charge is 0.494 e. The van der Waals surface area contributed by atoms with Crippen molar-refractivity contribution in [1.29, 1.82) is 0 Å². The van der Waals surface area contributed by atoms with Gasteiger partial charge < -0.3 is 9.30 Å². The molecule has 0 aliphatic rings. The van der Waals surface area contributed by atoms with E-state index >= 15 is 0 Å². The highest BCUT2D eigenvalue weighted by molar-refractivity contribution is 6.06. The molecule has 5 rings (SSSR count). The third kappa shape index (κ3) is 2.89. The van der Waals surface area contributed by atoms with Crippen molar-refractivity contribution in [2.24, 2.45) is 0 Å². The summed E-state index contributed by atoms with van der Waals surface area (Å²) in [5.41, 5.74) is 4.93. The summed E-state index contributed by atoms with van der Waals surface area (Å²) in [7, 11) is 0. The van der Waals surface area contributed by atoms with E-state index < -0.39 is 0 Å². The predicted molar refractivity (Wildman–Crippen MR) is 109 cm³/mol. The number of para-hydroxylation sites is 4. The molecule has 3 aromatic carbocycles. The normalized spacial score (nSPS) is 11.4. The molecular weight excluding hydrogens is 334 g/mol. The summed E-state index contributed by atoms with van der Waals surface area (Å²) in [4.78, 5) is 9.80. The molecule has 2 aromatic heterocycles. The number of hydrogen-bond acceptors (Lipinski definition) is 3. The lowest BCUT2D eigenvalue weighted by atomic mass is 10.2. The van der Waals surface area contributed by atoms with Gasteiger partial charge in [0.25, 0.3) is 0 Å². The highest BCUT2D eigenvalue weighted by Crippen LogP contribution is 2.28. The van der Waals surface area contributed by atoms with Crippen molar-refractivity contribution in [2.45, 2.75) is 13.0 Å². The molecule has 0 fully saturated rings. The minimum atomic E-state index is 0.666. The summed E-state index contributed by atoms with van der Waals surface area (Å²) in [6.45, 7) is 1.50. The average molecular weight is 353 g/mol. The summed E-state index contributed by atoms with van der Waals surface area (Å²) >= 11 is 0. The fraction of sp³-hybridized carbons (Fsp3) is 0.130. The van der Waals surface area contributed by atoms with Crippen molar-refractivity contribution in [3.05, 3.63) is 78.9 Å². The first-order valence-electron chi connectivity index (χ1n) is 9.22. The van der Waals surface area contributed by atoms with Gasteiger partial charge in [0.05, 0.1) is 23.2 Å². The Morgan fingerprint density at radius 1 is 0.741 bits per heavy atom. The van der Waals surface area contributed by atoms with Gasteiger partial charge in [-0.3, -0.25) is 0 Å². The van der Waals surface area contributed by atoms with Crippen LogP contribution in [0.4, 0.5) is 0 Å². The zero-order valence-electron chi connectivity index (χ0n) is 14.9. The highest BCUT2D eigenvalue weighted by atomic mass is 16.5. The van der Waals surface area contributed by atoms with E-state index in [-0.39, 0.29) is 0 Å². The third-order valence-corrected chi connectivity index (χ3v) is 4.80. The lowest BCUT2D eigenvalue weighted by Crippen LogP contribution is -2.05. The molecule has 0 aliphatic heterocycles. The Labute approximate surface area is 157 Å². The molecule has 0 unspecified atom stereocenters. The Morgan fingerprint density at radius 2 is 1.44 bits per heavy atom. The Hall–Kier alpha value is -3.40. The number of benzene rings is 3. The summed E-state index contributed by atoms with van der Waals surface area (Å²) in [5, 5.41) is 1.15. The Balaban J connectivity index is 1.50. The molecule has 4 heteroatoms. The van der Waals surface area contributed by atoms with Crippen LogP contribution in [0.3, 0.4) is 0 Å². The maximum absolute atomic E-state index is 5.85. The summed E-state index contributed by atoms with van der Waals surface area (Å²) < 4.78 is 8.11. The molecule has 0 amide bonds. The van der Waals surface area contributed by atoms with Crippen LogP contribution >= 0.6 is 0 Å². The maximum Gasteiger partial charge on any atom is 0.160 e. The molecule has 0 radical (unpaired) electrons. The molecular formula is C23H19N3O. The first-order chi connectivity index (χ1) is 13.4. The van der Waals surface area contributed by atoms with Gasteiger partial charge in [0.2, 0.25) is 0 Å². The molecule has 4 nitrogen and oxygen atoms in total. The Bertz CT molecular complexity index is 1230. The number of hydrogen-bond donors (Lipinski definition) is 0. The van der Waals surface area contributed by atoms with Crippen LogP contribution in [-0.4, -0.2) is 21.1 Å². The van der Waals surface area contributed by atoms with Gasteiger partial charge in [0, 0.05) is 11.9 Å². The smallest absolute Gasteiger partial charge is 0.160 e. The third-order valence-electron chi connectivity index (χ3n) is 4.80. The summed E-state index contributed by atoms with van der Waals surface area (Å²) in [5.74, 6) is 0.908. The fourth-order valence-electron chi connectivity index (χ4n) is 3.54. The van der Waals surface area contributed by atoms with Crippen LogP contribution < -0.4 is 4.74 Å². The van der Waals surface area contributed by atoms with E-state index in [1.165, 1.54) is 5.52 Å². The van der Waals surface area contributed by atoms with Crippen LogP contribution in [0.2, 0.25) is 0 Å². The van der Waals surface area contributed by atoms with E-state index in [0.717, 1.165) is 46.3 Å². The van der Waals surface area contributed by atoms with Crippen LogP contribution in [0.1, 0.15) is 6.42 Å². The minimum Gasteiger partial charge on any atom is -0.494 e. The van der Waals surface area contributed by atoms with Gasteiger partial charge in [-0.05, 0) is 36.8 Å². The number of ether oxygens (including phenoxy) is 1. The van der Waals surface area contributed by atoms with E-state index in [1.54, 1.807) is 0 Å². The SMILES string of the molecule is c1ccc(OCCCn2c3ccccc3c3nc4ccccc4nc32)cc1. The molecule has 2 heterocycles. The van der Waals surface area contributed by atoms with E-state index in [0.29, 0.717) is 6.61 Å². The molecule has 0 saturated carbocycles. The van der Waals surface area contributed by atoms with E-state index in [9.17, 15) is 0 Å². The van der Waals surface area contributed by atoms with Crippen LogP contribution in [0.5, 0.6) is 5.75 Å². The molecule has 0 aliphatic carbocycles. The number of aromatic nitrogens is 3. The van der Waals surface area contributed by atoms with Crippen molar-refractivity contribution in [2.75, 3.05) is 6.61 Å². The highest BCUT2D eigenvalue weighted by Gasteiger charge is 2.13. The topological polar surface area (TPSA) is 39.9 Å². The van der Waals surface area contributed by atoms with Crippen molar-refractivity contribution >= 4 is 33.1 Å². The Morgan fingerprint density at radius 3 is 2.30 bits per heavy atom. The maximum atomic E-state index is 5.85. The van der Waals surface area contributed by atoms with Crippen LogP contribution in [0.25, 0.3) is 33.1 Å². The van der Waals surface area contributed by atoms with Gasteiger partial charge in [-0.1, -0.05) is 48.5 Å². The molecule has 27 heavy (non-hydrogen) atoms. The number of rotatable bonds is 5. The lowest BCUT2D eigenvalue weighted by molar-refractivity contribution is 0.303. The van der Waals surface area contributed by atoms with E-state index in [1.807, 2.05) is 54.6 Å². The zero-order chi connectivity index (χ0) is 18.1. The van der Waals surface area contributed by atoms with Crippen LogP contribution in [0, 0.1) is 0 Å². The summed E-state index contributed by atoms with van der Waals surface area (Å²) in [6.07, 6.45) is 0.900. The first-order valence-corrected chi connectivity index (χ1v) is 9.22. The average Bonchev–Trinajstić information content (AvgIpc) is 3.03. The molecule has 0 atom stereocenters. The van der Waals surface area contributed by atoms with Gasteiger partial charge in [0.15, 0.2) is 5.65 Å². The molecule has 0 saturated heterocycles. The van der Waals surface area contributed by atoms with E-state index in [2.05, 4.69) is 28.8 Å². The summed E-state index contributed by atoms with van der Waals surface area (Å²) in [6, 6.07) is 26.4. The van der Waals surface area contributed by atoms with Crippen molar-refractivity contribution < 1.29 is 4.74 Å². The number of aryl methyl sites for hydroxylation is 1. The van der Waals surface area contributed by atoms with Crippen LogP contribution in [-0.2, 0) is 6.54 Å². The van der Waals surface area contributed by atoms with Crippen molar-refractivity contribution in [3.63, 3.8) is 0 Å². The van der Waals surface area contributed by atoms with Gasteiger partial charge in [-0.2, -0.15) is 0 Å². The monoisotopic (exact) mass is 353 g/mol. The molecule has 5 aromatic rings. The zero-order valence-corrected chi connectivity index (χ0v) is 14.9. The van der Waals surface area contributed by atoms with Crippen LogP contribution in [0.15, 0.2) is 78.9 Å². The quantitative estimate of drug-likeness (QED) is 0.407. The second-order valence-corrected chi connectivity index (χ2v) is 6.57. The molecule has 0 bridgehead atoms. The second kappa shape index (κ2) is 6.72. The number of nitrogens with zero attached hydrogens (tertiary/aromatic N) is 3. The molecule has 0 spiro atoms. The lowest BCUT2D eigenvalue weighted by Gasteiger charge is -2.09. The standard InChI is InChI=1S/C23H19N3O/c1-2-9-17(10-3-1)27-16-8-15-26-21-14-7-4-11-18(21)22-23(26)25-20-13-6-5-12-19(20)24-22/h1-7,9-14H,8,15-16H2. The van der Waals surface area contributed by atoms with Gasteiger partial charge in [0.1, 0.15) is 11.3 Å². The predicted octanol–water partition coefficient (Wildman–Crippen LogP) is 5.21. The van der Waals surface area contributed by atoms with Crippen molar-refractivity contribution in [3.8, 4) is 5.75 Å². The van der Waals surface area contributed by atoms with Gasteiger partial charge in [-0.25, -0.2) is 9.97 Å². The Kier molecular flexibility index (Phi) is 3.94. The first kappa shape index (κ1) is 15.8. The van der Waals surface area contributed by atoms with Crippen molar-refractivity contribution in [1.82, 2.24) is 14.5 Å². The minimum absolute atomic E-state index is 0.666. The number of fused-ring (bicyclic) bond motifs is 4. The molecule has 0 N–H and O–H groups in total. The van der Waals surface area contributed by atoms with E-state index in [4.69, 9.17) is 14.7 Å². The van der Waals surface area contributed by atoms with Gasteiger partial charge in [-0.15, -0.1) is 0 Å². The van der Waals surface area contributed by atoms with Gasteiger partial charge >= 0.3 is 0 Å². The second-order valence-electron chi connectivity index (χ2n) is 6.57. The molecule has 132 valence electrons. The fourth-order valence-corrected chi connectivity index (χ4v) is 3.54.